The van der Waals surface area contributed by atoms with Gasteiger partial charge in [-0.05, 0) is 49.2 Å². The molecule has 1 atom stereocenters. The number of hydrogen-bond acceptors (Lipinski definition) is 4. The fraction of sp³-hybridized carbons (Fsp3) is 0.263. The number of esters is 1. The standard InChI is InChI=1S/C19H20FNO4/c1-12-7-8-15(10-17(12)20)19(23)25-11-18(22)21-13(2)14-5-4-6-16(9-14)24-3/h4-10,13H,11H2,1-3H3,(H,21,22)/t13-/m0/s1. The number of ether oxygens (including phenoxy) is 2. The third-order valence-corrected chi connectivity index (χ3v) is 3.71. The molecule has 25 heavy (non-hydrogen) atoms. The molecule has 2 aromatic carbocycles. The van der Waals surface area contributed by atoms with Gasteiger partial charge < -0.3 is 14.8 Å². The summed E-state index contributed by atoms with van der Waals surface area (Å²) in [6.07, 6.45) is 0. The Bertz CT molecular complexity index is 776. The maximum Gasteiger partial charge on any atom is 0.338 e. The monoisotopic (exact) mass is 345 g/mol. The molecule has 1 N–H and O–H groups in total. The van der Waals surface area contributed by atoms with Crippen molar-refractivity contribution in [3.05, 3.63) is 65.0 Å². The molecule has 0 aliphatic carbocycles. The number of nitrogens with one attached hydrogen (secondary N) is 1. The molecule has 6 heteroatoms. The minimum absolute atomic E-state index is 0.0664. The molecule has 0 bridgehead atoms. The topological polar surface area (TPSA) is 64.6 Å². The summed E-state index contributed by atoms with van der Waals surface area (Å²) < 4.78 is 23.5. The van der Waals surface area contributed by atoms with Crippen LogP contribution in [0.1, 0.15) is 34.5 Å². The van der Waals surface area contributed by atoms with Crippen molar-refractivity contribution in [2.45, 2.75) is 19.9 Å². The second kappa shape index (κ2) is 8.28. The average molecular weight is 345 g/mol. The molecule has 0 aliphatic rings. The van der Waals surface area contributed by atoms with Crippen molar-refractivity contribution in [3.63, 3.8) is 0 Å². The molecule has 132 valence electrons. The maximum atomic E-state index is 13.5. The van der Waals surface area contributed by atoms with E-state index in [0.717, 1.165) is 11.6 Å². The van der Waals surface area contributed by atoms with Crippen LogP contribution >= 0.6 is 0 Å². The Balaban J connectivity index is 1.89. The highest BCUT2D eigenvalue weighted by atomic mass is 19.1. The van der Waals surface area contributed by atoms with Crippen LogP contribution in [0, 0.1) is 12.7 Å². The van der Waals surface area contributed by atoms with Crippen LogP contribution in [0.3, 0.4) is 0 Å². The average Bonchev–Trinajstić information content (AvgIpc) is 2.62. The normalized spacial score (nSPS) is 11.5. The first kappa shape index (κ1) is 18.4. The Morgan fingerprint density at radius 3 is 2.64 bits per heavy atom. The molecule has 0 saturated carbocycles. The number of benzene rings is 2. The third-order valence-electron chi connectivity index (χ3n) is 3.71. The second-order valence-electron chi connectivity index (χ2n) is 5.61. The van der Waals surface area contributed by atoms with Crippen LogP contribution in [-0.2, 0) is 9.53 Å². The van der Waals surface area contributed by atoms with E-state index in [-0.39, 0.29) is 11.6 Å². The van der Waals surface area contributed by atoms with Gasteiger partial charge >= 0.3 is 5.97 Å². The van der Waals surface area contributed by atoms with Gasteiger partial charge in [-0.2, -0.15) is 0 Å². The summed E-state index contributed by atoms with van der Waals surface area (Å²) in [5.74, 6) is -1.00. The molecule has 0 unspecified atom stereocenters. The van der Waals surface area contributed by atoms with Crippen LogP contribution in [0.25, 0.3) is 0 Å². The number of halogens is 1. The fourth-order valence-corrected chi connectivity index (χ4v) is 2.21. The highest BCUT2D eigenvalue weighted by Crippen LogP contribution is 2.18. The summed E-state index contributed by atoms with van der Waals surface area (Å²) in [5.41, 5.74) is 1.36. The number of amides is 1. The van der Waals surface area contributed by atoms with E-state index in [0.29, 0.717) is 11.3 Å². The Morgan fingerprint density at radius 1 is 1.20 bits per heavy atom. The second-order valence-corrected chi connectivity index (χ2v) is 5.61. The van der Waals surface area contributed by atoms with Crippen LogP contribution < -0.4 is 10.1 Å². The van der Waals surface area contributed by atoms with Gasteiger partial charge in [0.2, 0.25) is 0 Å². The van der Waals surface area contributed by atoms with E-state index >= 15 is 0 Å². The van der Waals surface area contributed by atoms with Crippen molar-refractivity contribution in [3.8, 4) is 5.75 Å². The molecule has 5 nitrogen and oxygen atoms in total. The number of rotatable bonds is 6. The molecular formula is C19H20FNO4. The molecule has 0 radical (unpaired) electrons. The number of aryl methyl sites for hydroxylation is 1. The number of hydrogen-bond donors (Lipinski definition) is 1. The predicted octanol–water partition coefficient (Wildman–Crippen LogP) is 3.18. The predicted molar refractivity (Wildman–Crippen MR) is 91.0 cm³/mol. The van der Waals surface area contributed by atoms with Gasteiger partial charge in [0.15, 0.2) is 6.61 Å². The molecule has 0 aliphatic heterocycles. The van der Waals surface area contributed by atoms with Crippen molar-refractivity contribution in [2.24, 2.45) is 0 Å². The summed E-state index contributed by atoms with van der Waals surface area (Å²) in [5, 5.41) is 2.73. The summed E-state index contributed by atoms with van der Waals surface area (Å²) in [7, 11) is 1.57. The van der Waals surface area contributed by atoms with Gasteiger partial charge in [-0.25, -0.2) is 9.18 Å². The lowest BCUT2D eigenvalue weighted by atomic mass is 10.1. The lowest BCUT2D eigenvalue weighted by Crippen LogP contribution is -2.31. The van der Waals surface area contributed by atoms with E-state index in [9.17, 15) is 14.0 Å². The van der Waals surface area contributed by atoms with Crippen LogP contribution in [-0.4, -0.2) is 25.6 Å². The summed E-state index contributed by atoms with van der Waals surface area (Å²) in [4.78, 5) is 23.8. The van der Waals surface area contributed by atoms with E-state index in [1.165, 1.54) is 12.1 Å². The Labute approximate surface area is 145 Å². The van der Waals surface area contributed by atoms with Gasteiger partial charge in [-0.3, -0.25) is 4.79 Å². The first-order chi connectivity index (χ1) is 11.9. The van der Waals surface area contributed by atoms with E-state index in [4.69, 9.17) is 9.47 Å². The quantitative estimate of drug-likeness (QED) is 0.817. The molecule has 2 rings (SSSR count). The molecular weight excluding hydrogens is 325 g/mol. The molecule has 0 saturated heterocycles. The van der Waals surface area contributed by atoms with Crippen molar-refractivity contribution >= 4 is 11.9 Å². The van der Waals surface area contributed by atoms with Crippen LogP contribution in [0.4, 0.5) is 4.39 Å². The zero-order valence-corrected chi connectivity index (χ0v) is 14.3. The zero-order chi connectivity index (χ0) is 18.4. The first-order valence-electron chi connectivity index (χ1n) is 7.77. The van der Waals surface area contributed by atoms with Gasteiger partial charge in [0.1, 0.15) is 11.6 Å². The number of carbonyl (C=O) groups excluding carboxylic acids is 2. The largest absolute Gasteiger partial charge is 0.497 e. The van der Waals surface area contributed by atoms with E-state index in [2.05, 4.69) is 5.32 Å². The molecule has 1 amide bonds. The minimum Gasteiger partial charge on any atom is -0.497 e. The first-order valence-corrected chi connectivity index (χ1v) is 7.77. The zero-order valence-electron chi connectivity index (χ0n) is 14.3. The number of carbonyl (C=O) groups is 2. The van der Waals surface area contributed by atoms with Gasteiger partial charge in [-0.15, -0.1) is 0 Å². The van der Waals surface area contributed by atoms with Crippen molar-refractivity contribution < 1.29 is 23.5 Å². The van der Waals surface area contributed by atoms with Crippen molar-refractivity contribution in [1.82, 2.24) is 5.32 Å². The Hall–Kier alpha value is -2.89. The smallest absolute Gasteiger partial charge is 0.338 e. The minimum atomic E-state index is -0.747. The van der Waals surface area contributed by atoms with E-state index < -0.39 is 24.3 Å². The van der Waals surface area contributed by atoms with E-state index in [1.54, 1.807) is 20.1 Å². The molecule has 2 aromatic rings. The Kier molecular flexibility index (Phi) is 6.11. The Morgan fingerprint density at radius 2 is 1.96 bits per heavy atom. The summed E-state index contributed by atoms with van der Waals surface area (Å²) in [6, 6.07) is 11.0. The van der Waals surface area contributed by atoms with Gasteiger partial charge in [0.25, 0.3) is 5.91 Å². The summed E-state index contributed by atoms with van der Waals surface area (Å²) >= 11 is 0. The molecule has 0 heterocycles. The SMILES string of the molecule is COc1cccc([C@H](C)NC(=O)COC(=O)c2ccc(C)c(F)c2)c1. The number of methoxy groups -OCH3 is 1. The van der Waals surface area contributed by atoms with Crippen molar-refractivity contribution in [1.29, 1.82) is 0 Å². The maximum absolute atomic E-state index is 13.5. The molecule has 0 aromatic heterocycles. The van der Waals surface area contributed by atoms with E-state index in [1.807, 2.05) is 25.1 Å². The lowest BCUT2D eigenvalue weighted by molar-refractivity contribution is -0.124. The fourth-order valence-electron chi connectivity index (χ4n) is 2.21. The van der Waals surface area contributed by atoms with Gasteiger partial charge in [0.05, 0.1) is 18.7 Å². The van der Waals surface area contributed by atoms with Crippen LogP contribution in [0.5, 0.6) is 5.75 Å². The highest BCUT2D eigenvalue weighted by molar-refractivity contribution is 5.91. The lowest BCUT2D eigenvalue weighted by Gasteiger charge is -2.15. The molecule has 0 spiro atoms. The van der Waals surface area contributed by atoms with Crippen LogP contribution in [0.2, 0.25) is 0 Å². The molecule has 0 fully saturated rings. The summed E-state index contributed by atoms with van der Waals surface area (Å²) in [6.45, 7) is 2.96. The van der Waals surface area contributed by atoms with Crippen LogP contribution in [0.15, 0.2) is 42.5 Å². The highest BCUT2D eigenvalue weighted by Gasteiger charge is 2.14. The van der Waals surface area contributed by atoms with Crippen molar-refractivity contribution in [2.75, 3.05) is 13.7 Å². The van der Waals surface area contributed by atoms with Gasteiger partial charge in [0, 0.05) is 0 Å². The third kappa shape index (κ3) is 5.04. The van der Waals surface area contributed by atoms with Gasteiger partial charge in [-0.1, -0.05) is 18.2 Å².